The number of hydrogen-bond acceptors (Lipinski definition) is 1. The Labute approximate surface area is 110 Å². The molecule has 0 aliphatic rings. The largest absolute Gasteiger partial charge is 0.300 e. The summed E-state index contributed by atoms with van der Waals surface area (Å²) in [5.74, 6) is 0. The van der Waals surface area contributed by atoms with E-state index in [-0.39, 0.29) is 12.4 Å². The van der Waals surface area contributed by atoms with Crippen LogP contribution in [0.2, 0.25) is 0 Å². The number of fused-ring (bicyclic) bond motifs is 5. The molecule has 0 atom stereocenters. The first kappa shape index (κ1) is 11.1. The number of halogens is 1. The maximum absolute atomic E-state index is 4.71. The van der Waals surface area contributed by atoms with E-state index in [9.17, 15) is 0 Å². The van der Waals surface area contributed by atoms with Gasteiger partial charge in [0.2, 0.25) is 0 Å². The molecule has 2 aromatic carbocycles. The summed E-state index contributed by atoms with van der Waals surface area (Å²) in [5, 5.41) is 2.46. The summed E-state index contributed by atoms with van der Waals surface area (Å²) < 4.78 is 2.13. The Kier molecular flexibility index (Phi) is 2.46. The highest BCUT2D eigenvalue weighted by Crippen LogP contribution is 2.25. The molecule has 18 heavy (non-hydrogen) atoms. The fraction of sp³-hybridized carbons (Fsp3) is 0. The van der Waals surface area contributed by atoms with Gasteiger partial charge < -0.3 is 0 Å². The van der Waals surface area contributed by atoms with Crippen LogP contribution in [-0.2, 0) is 0 Å². The fourth-order valence-electron chi connectivity index (χ4n) is 2.40. The van der Waals surface area contributed by atoms with Gasteiger partial charge in [-0.3, -0.25) is 4.40 Å². The predicted octanol–water partition coefficient (Wildman–Crippen LogP) is 4.06. The average Bonchev–Trinajstić information content (AvgIpc) is 2.78. The molecular formula is C15H11ClN2. The van der Waals surface area contributed by atoms with Crippen LogP contribution in [-0.4, -0.2) is 9.38 Å². The summed E-state index contributed by atoms with van der Waals surface area (Å²) in [6.45, 7) is 0. The molecule has 0 N–H and O–H groups in total. The molecule has 4 rings (SSSR count). The van der Waals surface area contributed by atoms with Crippen LogP contribution in [0.1, 0.15) is 0 Å². The minimum absolute atomic E-state index is 0. The van der Waals surface area contributed by atoms with Crippen LogP contribution in [0.15, 0.2) is 60.8 Å². The summed E-state index contributed by atoms with van der Waals surface area (Å²) in [7, 11) is 0. The lowest BCUT2D eigenvalue weighted by Gasteiger charge is -1.98. The van der Waals surface area contributed by atoms with Crippen LogP contribution in [0.4, 0.5) is 0 Å². The van der Waals surface area contributed by atoms with E-state index >= 15 is 0 Å². The van der Waals surface area contributed by atoms with Crippen molar-refractivity contribution in [3.63, 3.8) is 0 Å². The van der Waals surface area contributed by atoms with Crippen molar-refractivity contribution in [2.75, 3.05) is 0 Å². The minimum atomic E-state index is 0. The van der Waals surface area contributed by atoms with Gasteiger partial charge in [-0.25, -0.2) is 4.98 Å². The van der Waals surface area contributed by atoms with Crippen LogP contribution in [0.25, 0.3) is 27.5 Å². The molecule has 0 unspecified atom stereocenters. The fourth-order valence-corrected chi connectivity index (χ4v) is 2.40. The molecule has 88 valence electrons. The Bertz CT molecular complexity index is 849. The highest BCUT2D eigenvalue weighted by atomic mass is 35.5. The van der Waals surface area contributed by atoms with Gasteiger partial charge in [-0.2, -0.15) is 0 Å². The van der Waals surface area contributed by atoms with E-state index in [1.807, 2.05) is 18.2 Å². The Balaban J connectivity index is 0.000001000. The van der Waals surface area contributed by atoms with Gasteiger partial charge in [0.15, 0.2) is 0 Å². The van der Waals surface area contributed by atoms with Gasteiger partial charge in [0.25, 0.3) is 0 Å². The lowest BCUT2D eigenvalue weighted by Crippen LogP contribution is -1.81. The summed E-state index contributed by atoms with van der Waals surface area (Å²) in [6.07, 6.45) is 2.06. The van der Waals surface area contributed by atoms with Gasteiger partial charge >= 0.3 is 0 Å². The molecule has 0 fully saturated rings. The molecule has 0 bridgehead atoms. The molecule has 3 heteroatoms. The quantitative estimate of drug-likeness (QED) is 0.463. The monoisotopic (exact) mass is 254 g/mol. The third kappa shape index (κ3) is 1.39. The van der Waals surface area contributed by atoms with Crippen LogP contribution >= 0.6 is 12.4 Å². The molecule has 0 aliphatic heterocycles. The number of imidazole rings is 1. The second-order valence-corrected chi connectivity index (χ2v) is 4.20. The highest BCUT2D eigenvalue weighted by molar-refractivity contribution is 6.05. The number of hydrogen-bond donors (Lipinski definition) is 0. The number of pyridine rings is 1. The minimum Gasteiger partial charge on any atom is -0.300 e. The zero-order chi connectivity index (χ0) is 11.2. The maximum atomic E-state index is 4.71. The normalized spacial score (nSPS) is 10.9. The Morgan fingerprint density at radius 1 is 0.833 bits per heavy atom. The zero-order valence-corrected chi connectivity index (χ0v) is 10.4. The van der Waals surface area contributed by atoms with Crippen molar-refractivity contribution >= 4 is 39.9 Å². The summed E-state index contributed by atoms with van der Waals surface area (Å²) in [4.78, 5) is 4.71. The third-order valence-corrected chi connectivity index (χ3v) is 3.20. The molecule has 4 aromatic rings. The van der Waals surface area contributed by atoms with Crippen LogP contribution in [0.3, 0.4) is 0 Å². The molecule has 0 amide bonds. The van der Waals surface area contributed by atoms with E-state index in [0.717, 1.165) is 11.2 Å². The lowest BCUT2D eigenvalue weighted by molar-refractivity contribution is 1.23. The van der Waals surface area contributed by atoms with Gasteiger partial charge in [0, 0.05) is 11.6 Å². The van der Waals surface area contributed by atoms with E-state index in [4.69, 9.17) is 4.98 Å². The van der Waals surface area contributed by atoms with Crippen molar-refractivity contribution in [2.45, 2.75) is 0 Å². The molecule has 2 nitrogen and oxygen atoms in total. The number of rotatable bonds is 0. The van der Waals surface area contributed by atoms with Gasteiger partial charge in [0.05, 0.1) is 11.0 Å². The molecule has 2 aromatic heterocycles. The summed E-state index contributed by atoms with van der Waals surface area (Å²) in [6, 6.07) is 18.7. The van der Waals surface area contributed by atoms with Crippen LogP contribution in [0, 0.1) is 0 Å². The van der Waals surface area contributed by atoms with Crippen molar-refractivity contribution in [2.24, 2.45) is 0 Å². The van der Waals surface area contributed by atoms with E-state index in [1.165, 1.54) is 16.3 Å². The number of aromatic nitrogens is 2. The van der Waals surface area contributed by atoms with E-state index in [0.29, 0.717) is 0 Å². The van der Waals surface area contributed by atoms with Gasteiger partial charge in [-0.05, 0) is 23.6 Å². The topological polar surface area (TPSA) is 17.3 Å². The smallest absolute Gasteiger partial charge is 0.137 e. The molecular weight excluding hydrogens is 244 g/mol. The van der Waals surface area contributed by atoms with Crippen molar-refractivity contribution in [1.29, 1.82) is 0 Å². The van der Waals surface area contributed by atoms with E-state index in [2.05, 4.69) is 47.0 Å². The zero-order valence-electron chi connectivity index (χ0n) is 9.58. The van der Waals surface area contributed by atoms with Crippen molar-refractivity contribution in [3.05, 3.63) is 60.8 Å². The highest BCUT2D eigenvalue weighted by Gasteiger charge is 2.06. The predicted molar refractivity (Wildman–Crippen MR) is 77.5 cm³/mol. The van der Waals surface area contributed by atoms with Crippen molar-refractivity contribution in [3.8, 4) is 0 Å². The summed E-state index contributed by atoms with van der Waals surface area (Å²) >= 11 is 0. The first-order valence-electron chi connectivity index (χ1n) is 5.68. The lowest BCUT2D eigenvalue weighted by atomic mass is 10.1. The maximum Gasteiger partial charge on any atom is 0.137 e. The van der Waals surface area contributed by atoms with Crippen molar-refractivity contribution < 1.29 is 0 Å². The first-order chi connectivity index (χ1) is 8.43. The molecule has 0 radical (unpaired) electrons. The molecule has 0 saturated carbocycles. The number of nitrogens with zero attached hydrogens (tertiary/aromatic N) is 2. The molecule has 0 saturated heterocycles. The van der Waals surface area contributed by atoms with Gasteiger partial charge in [-0.15, -0.1) is 12.4 Å². The van der Waals surface area contributed by atoms with Crippen molar-refractivity contribution in [1.82, 2.24) is 9.38 Å². The summed E-state index contributed by atoms with van der Waals surface area (Å²) in [5.41, 5.74) is 3.24. The molecule has 2 heterocycles. The third-order valence-electron chi connectivity index (χ3n) is 3.20. The van der Waals surface area contributed by atoms with Crippen LogP contribution in [0.5, 0.6) is 0 Å². The molecule has 0 aliphatic carbocycles. The van der Waals surface area contributed by atoms with E-state index < -0.39 is 0 Å². The molecule has 0 spiro atoms. The Hall–Kier alpha value is -2.06. The Morgan fingerprint density at radius 2 is 1.67 bits per heavy atom. The average molecular weight is 255 g/mol. The number of benzene rings is 2. The van der Waals surface area contributed by atoms with Gasteiger partial charge in [-0.1, -0.05) is 36.4 Å². The first-order valence-corrected chi connectivity index (χ1v) is 5.68. The second-order valence-electron chi connectivity index (χ2n) is 4.20. The second kappa shape index (κ2) is 4.00. The van der Waals surface area contributed by atoms with Gasteiger partial charge in [0.1, 0.15) is 5.65 Å². The SMILES string of the molecule is Cl.c1ccc2c(c1)ccc1c2nc2ccccn21. The van der Waals surface area contributed by atoms with Crippen LogP contribution < -0.4 is 0 Å². The Morgan fingerprint density at radius 3 is 2.61 bits per heavy atom. The van der Waals surface area contributed by atoms with E-state index in [1.54, 1.807) is 0 Å². The standard InChI is InChI=1S/C15H10N2.ClH/c1-2-6-12-11(5-1)8-9-13-15(12)16-14-7-3-4-10-17(13)14;/h1-10H;1H.